The van der Waals surface area contributed by atoms with Crippen molar-refractivity contribution in [3.05, 3.63) is 176 Å². The Labute approximate surface area is 386 Å². The van der Waals surface area contributed by atoms with Crippen molar-refractivity contribution in [2.24, 2.45) is 5.92 Å². The van der Waals surface area contributed by atoms with Gasteiger partial charge < -0.3 is 22.6 Å². The lowest BCUT2D eigenvalue weighted by Crippen LogP contribution is -2.18. The normalized spacial score (nSPS) is 13.4. The molecule has 1 aliphatic carbocycles. The molecule has 0 saturated heterocycles. The first-order valence-corrected chi connectivity index (χ1v) is 25.4. The van der Waals surface area contributed by atoms with E-state index in [0.717, 1.165) is 57.6 Å². The molecular weight excluding hydrogens is 831 g/mol. The maximum Gasteiger partial charge on any atom is 0.530 e. The van der Waals surface area contributed by atoms with Crippen LogP contribution in [0.1, 0.15) is 166 Å². The van der Waals surface area contributed by atoms with Gasteiger partial charge in [-0.15, -0.1) is 0 Å². The Balaban J connectivity index is 1.42. The number of carbonyl (C=O) groups is 1. The van der Waals surface area contributed by atoms with E-state index in [1.807, 2.05) is 48.5 Å². The fourth-order valence-electron chi connectivity index (χ4n) is 8.19. The average molecular weight is 899 g/mol. The van der Waals surface area contributed by atoms with E-state index < -0.39 is 17.0 Å². The molecule has 338 valence electrons. The van der Waals surface area contributed by atoms with Crippen LogP contribution in [0.5, 0.6) is 23.0 Å². The van der Waals surface area contributed by atoms with Crippen LogP contribution in [0.2, 0.25) is 0 Å². The summed E-state index contributed by atoms with van der Waals surface area (Å²) in [5, 5.41) is 0. The van der Waals surface area contributed by atoms with E-state index in [9.17, 15) is 0 Å². The minimum Gasteiger partial charge on any atom is -0.443 e. The highest BCUT2D eigenvalue weighted by Crippen LogP contribution is 2.52. The molecule has 1 atom stereocenters. The van der Waals surface area contributed by atoms with Crippen molar-refractivity contribution < 1.29 is 27.4 Å². The van der Waals surface area contributed by atoms with Gasteiger partial charge in [-0.2, -0.15) is 0 Å². The van der Waals surface area contributed by atoms with Crippen molar-refractivity contribution in [1.82, 2.24) is 0 Å². The maximum atomic E-state index is 15.2. The minimum absolute atomic E-state index is 0.165. The summed E-state index contributed by atoms with van der Waals surface area (Å²) in [6.45, 7) is 27.9. The van der Waals surface area contributed by atoms with Gasteiger partial charge in [0, 0.05) is 6.42 Å². The van der Waals surface area contributed by atoms with Crippen molar-refractivity contribution in [2.75, 3.05) is 0 Å². The third-order valence-corrected chi connectivity index (χ3v) is 13.8. The second-order valence-corrected chi connectivity index (χ2v) is 20.9. The largest absolute Gasteiger partial charge is 0.530 e. The van der Waals surface area contributed by atoms with Crippen LogP contribution in [-0.4, -0.2) is 5.78 Å². The topological polar surface area (TPSA) is 63.2 Å². The van der Waals surface area contributed by atoms with E-state index in [1.54, 1.807) is 0 Å². The summed E-state index contributed by atoms with van der Waals surface area (Å²) >= 11 is 0. The van der Waals surface area contributed by atoms with Crippen LogP contribution >= 0.6 is 17.0 Å². The smallest absolute Gasteiger partial charge is 0.443 e. The highest BCUT2D eigenvalue weighted by Gasteiger charge is 2.34. The second kappa shape index (κ2) is 21.9. The summed E-state index contributed by atoms with van der Waals surface area (Å²) in [6, 6.07) is 30.8. The number of allylic oxidation sites excluding steroid dienone is 4. The highest BCUT2D eigenvalue weighted by molar-refractivity contribution is 7.47. The summed E-state index contributed by atoms with van der Waals surface area (Å²) < 4.78 is 34.6. The van der Waals surface area contributed by atoms with Gasteiger partial charge in [-0.05, 0) is 139 Å². The molecule has 64 heavy (non-hydrogen) atoms. The summed E-state index contributed by atoms with van der Waals surface area (Å²) in [5.41, 5.74) is 11.8. The fraction of sp³-hybridized carbons (Fsp3) is 0.375. The molecule has 6 rings (SSSR count). The Bertz CT molecular complexity index is 2440. The fourth-order valence-corrected chi connectivity index (χ4v) is 10.7. The van der Waals surface area contributed by atoms with Gasteiger partial charge >= 0.3 is 8.60 Å². The molecular formula is C56H68O6P2. The molecule has 8 heteroatoms. The molecule has 0 N–H and O–H groups in total. The Kier molecular flexibility index (Phi) is 16.6. The van der Waals surface area contributed by atoms with Gasteiger partial charge in [0.2, 0.25) is 5.78 Å². The quantitative estimate of drug-likeness (QED) is 0.0458. The van der Waals surface area contributed by atoms with Crippen molar-refractivity contribution >= 4 is 22.8 Å². The van der Waals surface area contributed by atoms with E-state index in [1.165, 1.54) is 16.7 Å². The standard InChI is InChI=1S/C56H68O6P2/c1-14-17-39(10)30-46(28-35(2)3)58-63(34-45-29-40(11)22-25-47(45)36(4)5)59-50-20-15-18-43-33-44-19-16-21-51(55(44)56(57)54(43)50)60-64(61-52-31-41(12)23-26-48(52)37(6)7)62-53-32-42(13)24-27-49(53)38(8)9/h15-27,29-32,35-38H,14,28,33-34H2,1-13H3/b39-17-,46-30+. The lowest BCUT2D eigenvalue weighted by molar-refractivity contribution is 0.103. The molecule has 0 radical (unpaired) electrons. The number of aryl methyl sites for hydroxylation is 3. The molecule has 5 aromatic carbocycles. The SMILES string of the molecule is CC/C=C(C)\C=C(/CC(C)C)OP(Cc1cc(C)ccc1C(C)C)Oc1cccc2c1C(=O)c1c(cccc1OP(Oc1cc(C)ccc1C(C)C)Oc1cc(C)ccc1C(C)C)C2. The number of rotatable bonds is 19. The number of carbonyl (C=O) groups excluding carboxylic acids is 1. The molecule has 0 aromatic heterocycles. The molecule has 6 nitrogen and oxygen atoms in total. The van der Waals surface area contributed by atoms with Crippen molar-refractivity contribution in [1.29, 1.82) is 0 Å². The lowest BCUT2D eigenvalue weighted by atomic mass is 9.84. The van der Waals surface area contributed by atoms with Gasteiger partial charge in [0.05, 0.1) is 17.3 Å². The van der Waals surface area contributed by atoms with Crippen LogP contribution in [0.4, 0.5) is 0 Å². The molecule has 0 heterocycles. The maximum absolute atomic E-state index is 15.2. The average Bonchev–Trinajstić information content (AvgIpc) is 3.20. The van der Waals surface area contributed by atoms with Gasteiger partial charge in [0.15, 0.2) is 0 Å². The monoisotopic (exact) mass is 898 g/mol. The van der Waals surface area contributed by atoms with Gasteiger partial charge in [-0.3, -0.25) is 4.79 Å². The zero-order chi connectivity index (χ0) is 46.2. The Morgan fingerprint density at radius 1 is 0.625 bits per heavy atom. The second-order valence-electron chi connectivity index (χ2n) is 18.6. The zero-order valence-corrected chi connectivity index (χ0v) is 42.1. The van der Waals surface area contributed by atoms with Crippen LogP contribution < -0.4 is 18.1 Å². The van der Waals surface area contributed by atoms with Crippen molar-refractivity contribution in [2.45, 2.75) is 133 Å². The van der Waals surface area contributed by atoms with E-state index in [0.29, 0.717) is 58.5 Å². The van der Waals surface area contributed by atoms with E-state index in [-0.39, 0.29) is 17.6 Å². The van der Waals surface area contributed by atoms with E-state index in [4.69, 9.17) is 22.6 Å². The van der Waals surface area contributed by atoms with Crippen molar-refractivity contribution in [3.8, 4) is 23.0 Å². The summed E-state index contributed by atoms with van der Waals surface area (Å²) in [5.74, 6) is 4.12. The number of hydrogen-bond acceptors (Lipinski definition) is 6. The Hall–Kier alpha value is -4.89. The number of ketones is 1. The number of fused-ring (bicyclic) bond motifs is 2. The van der Waals surface area contributed by atoms with Gasteiger partial charge in [0.1, 0.15) is 28.8 Å². The molecule has 5 aromatic rings. The Morgan fingerprint density at radius 3 is 1.61 bits per heavy atom. The first kappa shape index (κ1) is 48.6. The third kappa shape index (κ3) is 12.3. The molecule has 0 fully saturated rings. The summed E-state index contributed by atoms with van der Waals surface area (Å²) in [7, 11) is -3.69. The molecule has 0 bridgehead atoms. The van der Waals surface area contributed by atoms with Crippen LogP contribution in [0.3, 0.4) is 0 Å². The van der Waals surface area contributed by atoms with Crippen LogP contribution in [0.25, 0.3) is 0 Å². The first-order valence-electron chi connectivity index (χ1n) is 22.9. The number of hydrogen-bond donors (Lipinski definition) is 0. The molecule has 0 saturated carbocycles. The van der Waals surface area contributed by atoms with Crippen LogP contribution in [0, 0.1) is 26.7 Å². The van der Waals surface area contributed by atoms with Crippen LogP contribution in [0.15, 0.2) is 114 Å². The van der Waals surface area contributed by atoms with Gasteiger partial charge in [-0.1, -0.05) is 146 Å². The number of benzene rings is 5. The van der Waals surface area contributed by atoms with E-state index in [2.05, 4.69) is 145 Å². The predicted octanol–water partition coefficient (Wildman–Crippen LogP) is 17.1. The highest BCUT2D eigenvalue weighted by atomic mass is 31.2. The third-order valence-electron chi connectivity index (χ3n) is 11.3. The Morgan fingerprint density at radius 2 is 1.11 bits per heavy atom. The van der Waals surface area contributed by atoms with Gasteiger partial charge in [0.25, 0.3) is 8.38 Å². The first-order chi connectivity index (χ1) is 30.5. The molecule has 0 aliphatic heterocycles. The van der Waals surface area contributed by atoms with E-state index >= 15 is 4.79 Å². The molecule has 1 unspecified atom stereocenters. The molecule has 0 amide bonds. The van der Waals surface area contributed by atoms with Gasteiger partial charge in [-0.25, -0.2) is 0 Å². The zero-order valence-electron chi connectivity index (χ0n) is 40.3. The summed E-state index contributed by atoms with van der Waals surface area (Å²) in [4.78, 5) is 15.2. The summed E-state index contributed by atoms with van der Waals surface area (Å²) in [6.07, 6.45) is 7.15. The predicted molar refractivity (Wildman–Crippen MR) is 268 cm³/mol. The molecule has 0 spiro atoms. The molecule has 1 aliphatic rings. The van der Waals surface area contributed by atoms with Crippen molar-refractivity contribution in [3.63, 3.8) is 0 Å². The minimum atomic E-state index is -2.10. The lowest BCUT2D eigenvalue weighted by Gasteiger charge is -2.27. The van der Waals surface area contributed by atoms with Crippen LogP contribution in [-0.2, 0) is 17.1 Å².